The van der Waals surface area contributed by atoms with Gasteiger partial charge in [0.2, 0.25) is 0 Å². The summed E-state index contributed by atoms with van der Waals surface area (Å²) in [7, 11) is -3.76. The Bertz CT molecular complexity index is 232. The first-order valence-corrected chi connectivity index (χ1v) is 6.87. The Morgan fingerprint density at radius 2 is 1.64 bits per heavy atom. The number of rotatable bonds is 7. The summed E-state index contributed by atoms with van der Waals surface area (Å²) in [6.07, 6.45) is 3.95. The standard InChI is InChI=1S/C10H22O3S/c1-9(2)5-4-6-10(3)7-8-14(11,12)13/h9-10H,4-8H2,1-3H3,(H,11,12,13). The average Bonchev–Trinajstić information content (AvgIpc) is 1.99. The number of hydrogen-bond acceptors (Lipinski definition) is 2. The predicted octanol–water partition coefficient (Wildman–Crippen LogP) is 2.73. The molecule has 86 valence electrons. The predicted molar refractivity (Wildman–Crippen MR) is 58.9 cm³/mol. The van der Waals surface area contributed by atoms with Gasteiger partial charge in [-0.2, -0.15) is 8.42 Å². The lowest BCUT2D eigenvalue weighted by molar-refractivity contribution is 0.435. The second kappa shape index (κ2) is 6.40. The first-order valence-electron chi connectivity index (χ1n) is 5.26. The quantitative estimate of drug-likeness (QED) is 0.674. The summed E-state index contributed by atoms with van der Waals surface area (Å²) < 4.78 is 29.5. The van der Waals surface area contributed by atoms with E-state index in [2.05, 4.69) is 13.8 Å². The largest absolute Gasteiger partial charge is 0.286 e. The lowest BCUT2D eigenvalue weighted by Gasteiger charge is -2.10. The Morgan fingerprint density at radius 3 is 2.07 bits per heavy atom. The van der Waals surface area contributed by atoms with Gasteiger partial charge in [-0.25, -0.2) is 0 Å². The molecule has 0 radical (unpaired) electrons. The van der Waals surface area contributed by atoms with Gasteiger partial charge in [-0.15, -0.1) is 0 Å². The molecular weight excluding hydrogens is 200 g/mol. The second-order valence-electron chi connectivity index (χ2n) is 4.50. The van der Waals surface area contributed by atoms with Gasteiger partial charge >= 0.3 is 0 Å². The lowest BCUT2D eigenvalue weighted by atomic mass is 9.98. The van der Waals surface area contributed by atoms with Crippen LogP contribution in [0.15, 0.2) is 0 Å². The molecule has 0 saturated heterocycles. The molecule has 3 nitrogen and oxygen atoms in total. The topological polar surface area (TPSA) is 54.4 Å². The van der Waals surface area contributed by atoms with Crippen molar-refractivity contribution in [1.29, 1.82) is 0 Å². The summed E-state index contributed by atoms with van der Waals surface area (Å²) in [4.78, 5) is 0. The molecule has 0 amide bonds. The highest BCUT2D eigenvalue weighted by atomic mass is 32.2. The molecule has 14 heavy (non-hydrogen) atoms. The SMILES string of the molecule is CC(C)CCCC(C)CCS(=O)(=O)O. The van der Waals surface area contributed by atoms with E-state index in [9.17, 15) is 8.42 Å². The maximum Gasteiger partial charge on any atom is 0.264 e. The first kappa shape index (κ1) is 13.9. The Hall–Kier alpha value is -0.0900. The van der Waals surface area contributed by atoms with Gasteiger partial charge in [0, 0.05) is 0 Å². The monoisotopic (exact) mass is 222 g/mol. The van der Waals surface area contributed by atoms with E-state index in [0.717, 1.165) is 12.8 Å². The summed E-state index contributed by atoms with van der Waals surface area (Å²) in [5, 5.41) is 0. The Kier molecular flexibility index (Phi) is 6.36. The van der Waals surface area contributed by atoms with Crippen molar-refractivity contribution in [2.45, 2.75) is 46.5 Å². The zero-order valence-corrected chi connectivity index (χ0v) is 10.2. The van der Waals surface area contributed by atoms with Crippen molar-refractivity contribution >= 4 is 10.1 Å². The van der Waals surface area contributed by atoms with E-state index in [-0.39, 0.29) is 5.75 Å². The van der Waals surface area contributed by atoms with Crippen molar-refractivity contribution in [3.05, 3.63) is 0 Å². The van der Waals surface area contributed by atoms with E-state index < -0.39 is 10.1 Å². The van der Waals surface area contributed by atoms with Crippen molar-refractivity contribution in [3.8, 4) is 0 Å². The van der Waals surface area contributed by atoms with Crippen LogP contribution in [0, 0.1) is 11.8 Å². The maximum atomic E-state index is 10.5. The number of hydrogen-bond donors (Lipinski definition) is 1. The van der Waals surface area contributed by atoms with Crippen LogP contribution in [0.25, 0.3) is 0 Å². The summed E-state index contributed by atoms with van der Waals surface area (Å²) in [6, 6.07) is 0. The minimum absolute atomic E-state index is 0.101. The smallest absolute Gasteiger partial charge is 0.264 e. The summed E-state index contributed by atoms with van der Waals surface area (Å²) in [6.45, 7) is 6.40. The van der Waals surface area contributed by atoms with Crippen LogP contribution in [-0.2, 0) is 10.1 Å². The van der Waals surface area contributed by atoms with Crippen LogP contribution in [0.3, 0.4) is 0 Å². The molecule has 1 atom stereocenters. The second-order valence-corrected chi connectivity index (χ2v) is 6.08. The van der Waals surface area contributed by atoms with Gasteiger partial charge in [0.15, 0.2) is 0 Å². The van der Waals surface area contributed by atoms with Gasteiger partial charge in [-0.3, -0.25) is 4.55 Å². The summed E-state index contributed by atoms with van der Waals surface area (Å²) >= 11 is 0. The molecule has 0 spiro atoms. The molecule has 0 aromatic heterocycles. The molecule has 0 saturated carbocycles. The lowest BCUT2D eigenvalue weighted by Crippen LogP contribution is -2.08. The highest BCUT2D eigenvalue weighted by Gasteiger charge is 2.09. The molecule has 0 aromatic rings. The third-order valence-corrected chi connectivity index (χ3v) is 3.10. The highest BCUT2D eigenvalue weighted by Crippen LogP contribution is 2.15. The Balaban J connectivity index is 3.51. The van der Waals surface area contributed by atoms with E-state index in [4.69, 9.17) is 4.55 Å². The van der Waals surface area contributed by atoms with E-state index in [0.29, 0.717) is 18.3 Å². The van der Waals surface area contributed by atoms with Crippen LogP contribution in [-0.4, -0.2) is 18.7 Å². The van der Waals surface area contributed by atoms with Crippen LogP contribution in [0.2, 0.25) is 0 Å². The fourth-order valence-electron chi connectivity index (χ4n) is 1.37. The van der Waals surface area contributed by atoms with Gasteiger partial charge in [0.1, 0.15) is 0 Å². The van der Waals surface area contributed by atoms with Gasteiger partial charge in [0.05, 0.1) is 5.75 Å². The van der Waals surface area contributed by atoms with Crippen LogP contribution in [0.5, 0.6) is 0 Å². The average molecular weight is 222 g/mol. The van der Waals surface area contributed by atoms with Gasteiger partial charge in [-0.05, 0) is 18.3 Å². The van der Waals surface area contributed by atoms with E-state index in [1.165, 1.54) is 6.42 Å². The molecule has 0 aliphatic carbocycles. The van der Waals surface area contributed by atoms with E-state index in [1.807, 2.05) is 6.92 Å². The van der Waals surface area contributed by atoms with Crippen LogP contribution < -0.4 is 0 Å². The third kappa shape index (κ3) is 9.99. The van der Waals surface area contributed by atoms with Crippen molar-refractivity contribution in [2.24, 2.45) is 11.8 Å². The van der Waals surface area contributed by atoms with Crippen LogP contribution in [0.4, 0.5) is 0 Å². The molecule has 0 aliphatic heterocycles. The van der Waals surface area contributed by atoms with Crippen LogP contribution in [0.1, 0.15) is 46.5 Å². The van der Waals surface area contributed by atoms with Crippen molar-refractivity contribution in [3.63, 3.8) is 0 Å². The minimum Gasteiger partial charge on any atom is -0.286 e. The fourth-order valence-corrected chi connectivity index (χ4v) is 2.07. The van der Waals surface area contributed by atoms with Gasteiger partial charge < -0.3 is 0 Å². The summed E-state index contributed by atoms with van der Waals surface area (Å²) in [5.74, 6) is 0.995. The van der Waals surface area contributed by atoms with Gasteiger partial charge in [0.25, 0.3) is 10.1 Å². The molecular formula is C10H22O3S. The molecule has 0 rings (SSSR count). The molecule has 4 heteroatoms. The highest BCUT2D eigenvalue weighted by molar-refractivity contribution is 7.85. The van der Waals surface area contributed by atoms with E-state index >= 15 is 0 Å². The molecule has 1 N–H and O–H groups in total. The fraction of sp³-hybridized carbons (Fsp3) is 1.00. The van der Waals surface area contributed by atoms with Crippen LogP contribution >= 0.6 is 0 Å². The normalized spacial score (nSPS) is 14.6. The molecule has 0 bridgehead atoms. The van der Waals surface area contributed by atoms with Gasteiger partial charge in [-0.1, -0.05) is 40.0 Å². The zero-order chi connectivity index (χ0) is 11.2. The molecule has 0 aliphatic rings. The van der Waals surface area contributed by atoms with Crippen molar-refractivity contribution in [1.82, 2.24) is 0 Å². The van der Waals surface area contributed by atoms with E-state index in [1.54, 1.807) is 0 Å². The maximum absolute atomic E-state index is 10.5. The first-order chi connectivity index (χ1) is 6.31. The molecule has 0 fully saturated rings. The Labute approximate surface area is 87.7 Å². The third-order valence-electron chi connectivity index (χ3n) is 2.35. The van der Waals surface area contributed by atoms with Crippen molar-refractivity contribution in [2.75, 3.05) is 5.75 Å². The van der Waals surface area contributed by atoms with Crippen molar-refractivity contribution < 1.29 is 13.0 Å². The zero-order valence-electron chi connectivity index (χ0n) is 9.36. The molecule has 1 unspecified atom stereocenters. The minimum atomic E-state index is -3.76. The molecule has 0 heterocycles. The molecule has 0 aromatic carbocycles. The Morgan fingerprint density at radius 1 is 1.07 bits per heavy atom. The summed E-state index contributed by atoms with van der Waals surface area (Å²) in [5.41, 5.74) is 0.